The molecule has 25 heavy (non-hydrogen) atoms. The molecule has 8 heteroatoms. The van der Waals surface area contributed by atoms with Crippen LogP contribution in [-0.4, -0.2) is 48.5 Å². The number of aromatic nitrogens is 1. The van der Waals surface area contributed by atoms with Gasteiger partial charge in [-0.1, -0.05) is 11.6 Å². The molecule has 5 nitrogen and oxygen atoms in total. The summed E-state index contributed by atoms with van der Waals surface area (Å²) in [6, 6.07) is 8.09. The maximum absolute atomic E-state index is 13.1. The molecule has 1 aromatic heterocycles. The normalized spacial score (nSPS) is 15.2. The lowest BCUT2D eigenvalue weighted by atomic mass is 10.3. The maximum atomic E-state index is 13.1. The van der Waals surface area contributed by atoms with Gasteiger partial charge >= 0.3 is 0 Å². The number of carbonyl (C=O) groups excluding carboxylic acids is 1. The molecule has 132 valence electrons. The number of carbonyl (C=O) groups is 1. The van der Waals surface area contributed by atoms with E-state index in [0.717, 1.165) is 36.5 Å². The Kier molecular flexibility index (Phi) is 5.88. The first-order valence-corrected chi connectivity index (χ1v) is 9.02. The van der Waals surface area contributed by atoms with Crippen molar-refractivity contribution in [2.75, 3.05) is 42.9 Å². The topological polar surface area (TPSA) is 48.5 Å². The lowest BCUT2D eigenvalue weighted by Gasteiger charge is -2.35. The van der Waals surface area contributed by atoms with Crippen LogP contribution < -0.4 is 10.2 Å². The maximum Gasteiger partial charge on any atom is 0.238 e. The molecule has 0 aliphatic carbocycles. The van der Waals surface area contributed by atoms with Crippen molar-refractivity contribution in [3.63, 3.8) is 0 Å². The second-order valence-corrected chi connectivity index (χ2v) is 7.10. The Morgan fingerprint density at radius 2 is 2.00 bits per heavy atom. The summed E-state index contributed by atoms with van der Waals surface area (Å²) in [5.74, 6) is 0.295. The summed E-state index contributed by atoms with van der Waals surface area (Å²) in [5, 5.41) is 2.74. The first-order valence-electron chi connectivity index (χ1n) is 7.85. The minimum Gasteiger partial charge on any atom is -0.354 e. The largest absolute Gasteiger partial charge is 0.354 e. The Morgan fingerprint density at radius 1 is 1.24 bits per heavy atom. The Morgan fingerprint density at radius 3 is 2.64 bits per heavy atom. The highest BCUT2D eigenvalue weighted by molar-refractivity contribution is 9.10. The van der Waals surface area contributed by atoms with Gasteiger partial charge in [0.05, 0.1) is 11.6 Å². The molecule has 1 amide bonds. The van der Waals surface area contributed by atoms with Crippen molar-refractivity contribution >= 4 is 44.9 Å². The number of rotatable bonds is 4. The van der Waals surface area contributed by atoms with E-state index in [0.29, 0.717) is 5.69 Å². The van der Waals surface area contributed by atoms with Crippen LogP contribution in [0.3, 0.4) is 0 Å². The summed E-state index contributed by atoms with van der Waals surface area (Å²) in [6.45, 7) is 3.45. The van der Waals surface area contributed by atoms with Crippen LogP contribution >= 0.6 is 27.5 Å². The Labute approximate surface area is 158 Å². The van der Waals surface area contributed by atoms with Crippen molar-refractivity contribution < 1.29 is 9.18 Å². The number of nitrogens with zero attached hydrogens (tertiary/aromatic N) is 3. The second kappa shape index (κ2) is 8.12. The zero-order valence-corrected chi connectivity index (χ0v) is 15.7. The molecule has 1 aromatic carbocycles. The van der Waals surface area contributed by atoms with E-state index in [4.69, 9.17) is 11.6 Å². The summed E-state index contributed by atoms with van der Waals surface area (Å²) in [5.41, 5.74) is 0.495. The summed E-state index contributed by atoms with van der Waals surface area (Å²) in [6.07, 6.45) is 1.78. The van der Waals surface area contributed by atoms with Crippen LogP contribution in [0.25, 0.3) is 0 Å². The second-order valence-electron chi connectivity index (χ2n) is 5.77. The monoisotopic (exact) mass is 426 g/mol. The summed E-state index contributed by atoms with van der Waals surface area (Å²) in [4.78, 5) is 20.8. The zero-order chi connectivity index (χ0) is 17.8. The standard InChI is InChI=1S/C17H17BrClFN4O/c18-12-1-4-16(21-10-12)24-7-5-23(6-8-24)11-17(25)22-13-2-3-15(20)14(19)9-13/h1-4,9-10H,5-8,11H2,(H,22,25). The van der Waals surface area contributed by atoms with Crippen molar-refractivity contribution in [3.05, 3.63) is 51.8 Å². The number of benzene rings is 1. The van der Waals surface area contributed by atoms with Gasteiger partial charge in [-0.3, -0.25) is 9.69 Å². The summed E-state index contributed by atoms with van der Waals surface area (Å²) < 4.78 is 14.1. The lowest BCUT2D eigenvalue weighted by molar-refractivity contribution is -0.117. The number of hydrogen-bond acceptors (Lipinski definition) is 4. The third-order valence-electron chi connectivity index (χ3n) is 3.98. The molecule has 3 rings (SSSR count). The highest BCUT2D eigenvalue weighted by atomic mass is 79.9. The summed E-state index contributed by atoms with van der Waals surface area (Å²) >= 11 is 9.10. The molecule has 1 saturated heterocycles. The van der Waals surface area contributed by atoms with Crippen LogP contribution in [0.5, 0.6) is 0 Å². The number of piperazine rings is 1. The van der Waals surface area contributed by atoms with Crippen molar-refractivity contribution in [3.8, 4) is 0 Å². The van der Waals surface area contributed by atoms with E-state index in [1.165, 1.54) is 18.2 Å². The predicted molar refractivity (Wildman–Crippen MR) is 101 cm³/mol. The van der Waals surface area contributed by atoms with Crippen molar-refractivity contribution in [2.24, 2.45) is 0 Å². The van der Waals surface area contributed by atoms with Crippen LogP contribution in [0.4, 0.5) is 15.9 Å². The molecule has 0 spiro atoms. The molecule has 0 atom stereocenters. The van der Waals surface area contributed by atoms with E-state index in [1.807, 2.05) is 12.1 Å². The van der Waals surface area contributed by atoms with E-state index in [1.54, 1.807) is 6.20 Å². The molecular formula is C17H17BrClFN4O. The van der Waals surface area contributed by atoms with Gasteiger partial charge in [0.15, 0.2) is 0 Å². The third-order valence-corrected chi connectivity index (χ3v) is 4.74. The van der Waals surface area contributed by atoms with Crippen LogP contribution in [0.1, 0.15) is 0 Å². The van der Waals surface area contributed by atoms with Crippen LogP contribution in [0, 0.1) is 5.82 Å². The van der Waals surface area contributed by atoms with Gasteiger partial charge in [-0.2, -0.15) is 0 Å². The molecule has 1 aliphatic heterocycles. The van der Waals surface area contributed by atoms with E-state index >= 15 is 0 Å². The van der Waals surface area contributed by atoms with Crippen molar-refractivity contribution in [1.29, 1.82) is 0 Å². The quantitative estimate of drug-likeness (QED) is 0.812. The summed E-state index contributed by atoms with van der Waals surface area (Å²) in [7, 11) is 0. The van der Waals surface area contributed by atoms with Gasteiger partial charge in [-0.25, -0.2) is 9.37 Å². The van der Waals surface area contributed by atoms with Gasteiger partial charge < -0.3 is 10.2 Å². The van der Waals surface area contributed by atoms with Crippen molar-refractivity contribution in [1.82, 2.24) is 9.88 Å². The van der Waals surface area contributed by atoms with Gasteiger partial charge in [0, 0.05) is 42.5 Å². The highest BCUT2D eigenvalue weighted by Crippen LogP contribution is 2.20. The number of anilines is 2. The Balaban J connectivity index is 1.49. The lowest BCUT2D eigenvalue weighted by Crippen LogP contribution is -2.48. The van der Waals surface area contributed by atoms with Gasteiger partial charge in [-0.05, 0) is 46.3 Å². The SMILES string of the molecule is O=C(CN1CCN(c2ccc(Br)cn2)CC1)Nc1ccc(F)c(Cl)c1. The predicted octanol–water partition coefficient (Wildman–Crippen LogP) is 3.40. The fraction of sp³-hybridized carbons (Fsp3) is 0.294. The van der Waals surface area contributed by atoms with E-state index < -0.39 is 5.82 Å². The van der Waals surface area contributed by atoms with Crippen LogP contribution in [0.15, 0.2) is 41.0 Å². The first kappa shape index (κ1) is 18.1. The fourth-order valence-corrected chi connectivity index (χ4v) is 3.08. The Bertz CT molecular complexity index is 751. The fourth-order valence-electron chi connectivity index (χ4n) is 2.67. The molecule has 1 N–H and O–H groups in total. The van der Waals surface area contributed by atoms with E-state index in [-0.39, 0.29) is 17.5 Å². The first-order chi connectivity index (χ1) is 12.0. The minimum absolute atomic E-state index is 0.00610. The number of nitrogens with one attached hydrogen (secondary N) is 1. The average Bonchev–Trinajstić information content (AvgIpc) is 2.60. The third kappa shape index (κ3) is 4.90. The molecule has 2 aromatic rings. The Hall–Kier alpha value is -1.70. The van der Waals surface area contributed by atoms with Gasteiger partial charge in [0.1, 0.15) is 11.6 Å². The number of hydrogen-bond donors (Lipinski definition) is 1. The number of pyridine rings is 1. The smallest absolute Gasteiger partial charge is 0.238 e. The minimum atomic E-state index is -0.502. The van der Waals surface area contributed by atoms with Gasteiger partial charge in [-0.15, -0.1) is 0 Å². The van der Waals surface area contributed by atoms with Crippen LogP contribution in [0.2, 0.25) is 5.02 Å². The number of halogens is 3. The number of amides is 1. The molecular weight excluding hydrogens is 411 g/mol. The van der Waals surface area contributed by atoms with E-state index in [2.05, 4.69) is 36.0 Å². The van der Waals surface area contributed by atoms with Crippen LogP contribution in [-0.2, 0) is 4.79 Å². The molecule has 1 fully saturated rings. The highest BCUT2D eigenvalue weighted by Gasteiger charge is 2.20. The van der Waals surface area contributed by atoms with Gasteiger partial charge in [0.25, 0.3) is 0 Å². The molecule has 0 unspecified atom stereocenters. The van der Waals surface area contributed by atoms with Gasteiger partial charge in [0.2, 0.25) is 5.91 Å². The zero-order valence-electron chi connectivity index (χ0n) is 13.4. The molecule has 0 saturated carbocycles. The molecule has 0 radical (unpaired) electrons. The molecule has 0 bridgehead atoms. The molecule has 1 aliphatic rings. The average molecular weight is 428 g/mol. The molecule has 2 heterocycles. The van der Waals surface area contributed by atoms with E-state index in [9.17, 15) is 9.18 Å². The van der Waals surface area contributed by atoms with Crippen molar-refractivity contribution in [2.45, 2.75) is 0 Å².